The van der Waals surface area contributed by atoms with Crippen LogP contribution < -0.4 is 5.32 Å². The molecule has 0 saturated heterocycles. The highest BCUT2D eigenvalue weighted by Crippen LogP contribution is 2.27. The normalized spacial score (nSPS) is 11.2. The molecule has 0 aliphatic heterocycles. The average Bonchev–Trinajstić information content (AvgIpc) is 2.81. The van der Waals surface area contributed by atoms with Gasteiger partial charge in [0.15, 0.2) is 0 Å². The van der Waals surface area contributed by atoms with E-state index in [1.807, 2.05) is 0 Å². The van der Waals surface area contributed by atoms with Crippen molar-refractivity contribution < 1.29 is 0 Å². The highest BCUT2D eigenvalue weighted by atomic mass is 79.9. The van der Waals surface area contributed by atoms with E-state index in [9.17, 15) is 0 Å². The van der Waals surface area contributed by atoms with Gasteiger partial charge in [-0.15, -0.1) is 10.2 Å². The lowest BCUT2D eigenvalue weighted by Crippen LogP contribution is -2.18. The van der Waals surface area contributed by atoms with Gasteiger partial charge in [-0.2, -0.15) is 0 Å². The molecule has 0 unspecified atom stereocenters. The molecule has 0 amide bonds. The van der Waals surface area contributed by atoms with Crippen LogP contribution in [0.3, 0.4) is 0 Å². The molecular formula is C14H18BrN3S. The van der Waals surface area contributed by atoms with E-state index in [0.717, 1.165) is 33.1 Å². The molecule has 0 aliphatic carbocycles. The minimum absolute atomic E-state index is 0.653. The Morgan fingerprint density at radius 3 is 2.79 bits per heavy atom. The topological polar surface area (TPSA) is 37.8 Å². The Hall–Kier alpha value is -0.780. The largest absolute Gasteiger partial charge is 0.310 e. The second kappa shape index (κ2) is 6.59. The summed E-state index contributed by atoms with van der Waals surface area (Å²) >= 11 is 5.20. The molecule has 0 atom stereocenters. The van der Waals surface area contributed by atoms with Crippen LogP contribution in [0.15, 0.2) is 22.7 Å². The van der Waals surface area contributed by atoms with Crippen LogP contribution in [0, 0.1) is 12.8 Å². The quantitative estimate of drug-likeness (QED) is 0.893. The summed E-state index contributed by atoms with van der Waals surface area (Å²) in [7, 11) is 0. The molecule has 5 heteroatoms. The van der Waals surface area contributed by atoms with Crippen molar-refractivity contribution >= 4 is 27.3 Å². The van der Waals surface area contributed by atoms with Gasteiger partial charge in [-0.25, -0.2) is 0 Å². The predicted octanol–water partition coefficient (Wildman–Crippen LogP) is 4.02. The Labute approximate surface area is 126 Å². The van der Waals surface area contributed by atoms with Gasteiger partial charge < -0.3 is 5.32 Å². The number of aromatic nitrogens is 2. The molecule has 2 aromatic rings. The molecule has 1 aromatic carbocycles. The van der Waals surface area contributed by atoms with Crippen LogP contribution in [0.1, 0.15) is 24.4 Å². The van der Waals surface area contributed by atoms with E-state index >= 15 is 0 Å². The molecule has 0 bridgehead atoms. The Balaban J connectivity index is 2.05. The summed E-state index contributed by atoms with van der Waals surface area (Å²) in [4.78, 5) is 0. The molecule has 0 spiro atoms. The summed E-state index contributed by atoms with van der Waals surface area (Å²) in [6.07, 6.45) is 0. The lowest BCUT2D eigenvalue weighted by atomic mass is 10.2. The number of hydrogen-bond donors (Lipinski definition) is 1. The summed E-state index contributed by atoms with van der Waals surface area (Å²) in [6, 6.07) is 6.28. The van der Waals surface area contributed by atoms with E-state index in [1.54, 1.807) is 11.3 Å². The Morgan fingerprint density at radius 1 is 1.32 bits per heavy atom. The van der Waals surface area contributed by atoms with Crippen LogP contribution in [0.5, 0.6) is 0 Å². The third-order valence-electron chi connectivity index (χ3n) is 2.71. The van der Waals surface area contributed by atoms with Crippen molar-refractivity contribution in [2.45, 2.75) is 27.3 Å². The molecule has 3 nitrogen and oxygen atoms in total. The summed E-state index contributed by atoms with van der Waals surface area (Å²) < 4.78 is 1.11. The molecule has 1 N–H and O–H groups in total. The zero-order chi connectivity index (χ0) is 13.8. The van der Waals surface area contributed by atoms with Crippen molar-refractivity contribution in [2.24, 2.45) is 5.92 Å². The molecule has 1 aromatic heterocycles. The predicted molar refractivity (Wildman–Crippen MR) is 84.3 cm³/mol. The second-order valence-corrected chi connectivity index (χ2v) is 6.91. The van der Waals surface area contributed by atoms with Crippen LogP contribution >= 0.6 is 27.3 Å². The van der Waals surface area contributed by atoms with Crippen LogP contribution in [0.4, 0.5) is 0 Å². The number of halogens is 1. The zero-order valence-corrected chi connectivity index (χ0v) is 13.8. The van der Waals surface area contributed by atoms with Gasteiger partial charge >= 0.3 is 0 Å². The third-order valence-corrected chi connectivity index (χ3v) is 4.54. The first kappa shape index (κ1) is 14.6. The van der Waals surface area contributed by atoms with Crippen molar-refractivity contribution in [3.63, 3.8) is 0 Å². The monoisotopic (exact) mass is 339 g/mol. The maximum absolute atomic E-state index is 4.26. The zero-order valence-electron chi connectivity index (χ0n) is 11.4. The molecule has 0 saturated carbocycles. The minimum atomic E-state index is 0.653. The lowest BCUT2D eigenvalue weighted by molar-refractivity contribution is 0.550. The molecule has 0 radical (unpaired) electrons. The van der Waals surface area contributed by atoms with E-state index in [4.69, 9.17) is 0 Å². The first-order valence-electron chi connectivity index (χ1n) is 6.36. The number of rotatable bonds is 5. The first-order valence-corrected chi connectivity index (χ1v) is 7.97. The lowest BCUT2D eigenvalue weighted by Gasteiger charge is -2.04. The molecule has 2 rings (SSSR count). The van der Waals surface area contributed by atoms with Gasteiger partial charge in [-0.1, -0.05) is 53.2 Å². The van der Waals surface area contributed by atoms with E-state index in [-0.39, 0.29) is 0 Å². The van der Waals surface area contributed by atoms with Gasteiger partial charge in [0.25, 0.3) is 0 Å². The molecule has 19 heavy (non-hydrogen) atoms. The fourth-order valence-corrected chi connectivity index (χ4v) is 2.82. The molecule has 0 fully saturated rings. The van der Waals surface area contributed by atoms with Crippen molar-refractivity contribution in [1.29, 1.82) is 0 Å². The van der Waals surface area contributed by atoms with Crippen molar-refractivity contribution in [3.05, 3.63) is 33.2 Å². The fourth-order valence-electron chi connectivity index (χ4n) is 1.64. The van der Waals surface area contributed by atoms with Crippen LogP contribution in [-0.4, -0.2) is 16.7 Å². The molecule has 1 heterocycles. The Morgan fingerprint density at radius 2 is 2.11 bits per heavy atom. The SMILES string of the molecule is Cc1ccc(-c2nnc(CNCC(C)C)s2)cc1Br. The van der Waals surface area contributed by atoms with Gasteiger partial charge in [0.05, 0.1) is 0 Å². The average molecular weight is 340 g/mol. The fraction of sp³-hybridized carbons (Fsp3) is 0.429. The molecular weight excluding hydrogens is 322 g/mol. The van der Waals surface area contributed by atoms with Crippen LogP contribution in [0.25, 0.3) is 10.6 Å². The highest BCUT2D eigenvalue weighted by Gasteiger charge is 2.08. The van der Waals surface area contributed by atoms with E-state index in [2.05, 4.69) is 70.4 Å². The number of hydrogen-bond acceptors (Lipinski definition) is 4. The standard InChI is InChI=1S/C14H18BrN3S/c1-9(2)7-16-8-13-17-18-14(19-13)11-5-4-10(3)12(15)6-11/h4-6,9,16H,7-8H2,1-3H3. The highest BCUT2D eigenvalue weighted by molar-refractivity contribution is 9.10. The summed E-state index contributed by atoms with van der Waals surface area (Å²) in [5, 5.41) is 13.9. The Kier molecular flexibility index (Phi) is 5.07. The summed E-state index contributed by atoms with van der Waals surface area (Å²) in [6.45, 7) is 8.27. The summed E-state index contributed by atoms with van der Waals surface area (Å²) in [5.41, 5.74) is 2.34. The van der Waals surface area contributed by atoms with Gasteiger partial charge in [-0.05, 0) is 31.0 Å². The van der Waals surface area contributed by atoms with Crippen molar-refractivity contribution in [1.82, 2.24) is 15.5 Å². The van der Waals surface area contributed by atoms with Crippen LogP contribution in [0.2, 0.25) is 0 Å². The van der Waals surface area contributed by atoms with Gasteiger partial charge in [-0.3, -0.25) is 0 Å². The van der Waals surface area contributed by atoms with Crippen molar-refractivity contribution in [3.8, 4) is 10.6 Å². The smallest absolute Gasteiger partial charge is 0.147 e. The van der Waals surface area contributed by atoms with E-state index in [1.165, 1.54) is 5.56 Å². The van der Waals surface area contributed by atoms with Crippen molar-refractivity contribution in [2.75, 3.05) is 6.54 Å². The van der Waals surface area contributed by atoms with E-state index < -0.39 is 0 Å². The first-order chi connectivity index (χ1) is 9.06. The molecule has 0 aliphatic rings. The van der Waals surface area contributed by atoms with Crippen LogP contribution in [-0.2, 0) is 6.54 Å². The number of aryl methyl sites for hydroxylation is 1. The number of nitrogens with zero attached hydrogens (tertiary/aromatic N) is 2. The van der Waals surface area contributed by atoms with Gasteiger partial charge in [0.1, 0.15) is 10.0 Å². The van der Waals surface area contributed by atoms with E-state index in [0.29, 0.717) is 5.92 Å². The maximum Gasteiger partial charge on any atom is 0.147 e. The maximum atomic E-state index is 4.26. The van der Waals surface area contributed by atoms with Gasteiger partial charge in [0, 0.05) is 16.6 Å². The second-order valence-electron chi connectivity index (χ2n) is 4.99. The number of benzene rings is 1. The summed E-state index contributed by atoms with van der Waals surface area (Å²) in [5.74, 6) is 0.653. The molecule has 102 valence electrons. The minimum Gasteiger partial charge on any atom is -0.310 e. The van der Waals surface area contributed by atoms with Gasteiger partial charge in [0.2, 0.25) is 0 Å². The third kappa shape index (κ3) is 4.09. The number of nitrogens with one attached hydrogen (secondary N) is 1. The Bertz CT molecular complexity index is 551.